The van der Waals surface area contributed by atoms with E-state index >= 15 is 0 Å². The van der Waals surface area contributed by atoms with E-state index in [4.69, 9.17) is 0 Å². The number of benzene rings is 1. The maximum Gasteiger partial charge on any atom is 0.276 e. The molecule has 1 amide bonds. The zero-order valence-corrected chi connectivity index (χ0v) is 15.1. The van der Waals surface area contributed by atoms with Crippen molar-refractivity contribution < 1.29 is 13.6 Å². The Labute approximate surface area is 158 Å². The summed E-state index contributed by atoms with van der Waals surface area (Å²) in [5.41, 5.74) is 1.89. The van der Waals surface area contributed by atoms with Crippen LogP contribution in [0.5, 0.6) is 0 Å². The van der Waals surface area contributed by atoms with Gasteiger partial charge in [-0.25, -0.2) is 13.8 Å². The SMILES string of the molecule is O=C(Nc1nc2c(s1)CN(Cc1cc(F)cc(F)c1)CC2)c1ccccn1. The highest BCUT2D eigenvalue weighted by atomic mass is 32.1. The summed E-state index contributed by atoms with van der Waals surface area (Å²) in [5, 5.41) is 3.32. The van der Waals surface area contributed by atoms with Gasteiger partial charge < -0.3 is 0 Å². The number of aromatic nitrogens is 2. The van der Waals surface area contributed by atoms with E-state index in [9.17, 15) is 13.6 Å². The summed E-state index contributed by atoms with van der Waals surface area (Å²) in [6.45, 7) is 1.83. The molecule has 1 aromatic carbocycles. The van der Waals surface area contributed by atoms with Crippen molar-refractivity contribution in [3.05, 3.63) is 76.1 Å². The van der Waals surface area contributed by atoms with Crippen molar-refractivity contribution in [2.75, 3.05) is 11.9 Å². The first-order valence-corrected chi connectivity index (χ1v) is 9.27. The van der Waals surface area contributed by atoms with Crippen molar-refractivity contribution in [3.8, 4) is 0 Å². The standard InChI is InChI=1S/C19H16F2N4OS/c20-13-7-12(8-14(21)9-13)10-25-6-4-15-17(11-25)27-19(23-15)24-18(26)16-3-1-2-5-22-16/h1-3,5,7-9H,4,6,10-11H2,(H,23,24,26). The summed E-state index contributed by atoms with van der Waals surface area (Å²) in [6.07, 6.45) is 2.29. The molecule has 0 unspecified atom stereocenters. The van der Waals surface area contributed by atoms with Gasteiger partial charge in [-0.1, -0.05) is 6.07 Å². The number of hydrogen-bond acceptors (Lipinski definition) is 5. The van der Waals surface area contributed by atoms with Crippen LogP contribution < -0.4 is 5.32 Å². The van der Waals surface area contributed by atoms with Gasteiger partial charge in [-0.3, -0.25) is 20.0 Å². The molecule has 0 radical (unpaired) electrons. The average molecular weight is 386 g/mol. The quantitative estimate of drug-likeness (QED) is 0.744. The summed E-state index contributed by atoms with van der Waals surface area (Å²) in [4.78, 5) is 23.9. The zero-order valence-electron chi connectivity index (χ0n) is 14.3. The minimum Gasteiger partial charge on any atom is -0.296 e. The van der Waals surface area contributed by atoms with Crippen LogP contribution in [0.4, 0.5) is 13.9 Å². The number of anilines is 1. The van der Waals surface area contributed by atoms with Gasteiger partial charge in [-0.2, -0.15) is 0 Å². The number of rotatable bonds is 4. The molecule has 8 heteroatoms. The van der Waals surface area contributed by atoms with E-state index in [0.717, 1.165) is 29.6 Å². The van der Waals surface area contributed by atoms with Crippen LogP contribution >= 0.6 is 11.3 Å². The Hall–Kier alpha value is -2.71. The Kier molecular flexibility index (Phi) is 4.91. The number of amides is 1. The summed E-state index contributed by atoms with van der Waals surface area (Å²) >= 11 is 1.42. The van der Waals surface area contributed by atoms with Crippen LogP contribution in [0.25, 0.3) is 0 Å². The molecule has 0 atom stereocenters. The van der Waals surface area contributed by atoms with E-state index in [1.165, 1.54) is 23.5 Å². The molecule has 0 bridgehead atoms. The smallest absolute Gasteiger partial charge is 0.276 e. The van der Waals surface area contributed by atoms with Crippen molar-refractivity contribution in [3.63, 3.8) is 0 Å². The molecule has 1 aliphatic heterocycles. The summed E-state index contributed by atoms with van der Waals surface area (Å²) in [6, 6.07) is 8.72. The Morgan fingerprint density at radius 1 is 1.22 bits per heavy atom. The lowest BCUT2D eigenvalue weighted by atomic mass is 10.1. The molecular formula is C19H16F2N4OS. The summed E-state index contributed by atoms with van der Waals surface area (Å²) < 4.78 is 26.7. The minimum absolute atomic E-state index is 0.297. The molecule has 138 valence electrons. The van der Waals surface area contributed by atoms with Gasteiger partial charge in [0.25, 0.3) is 5.91 Å². The summed E-state index contributed by atoms with van der Waals surface area (Å²) in [5.74, 6) is -1.44. The second kappa shape index (κ2) is 7.50. The van der Waals surface area contributed by atoms with Crippen LogP contribution in [-0.2, 0) is 19.5 Å². The number of thiazole rings is 1. The van der Waals surface area contributed by atoms with Crippen LogP contribution in [0.3, 0.4) is 0 Å². The van der Waals surface area contributed by atoms with Crippen LogP contribution in [0.2, 0.25) is 0 Å². The number of hydrogen-bond donors (Lipinski definition) is 1. The van der Waals surface area contributed by atoms with Gasteiger partial charge in [-0.15, -0.1) is 11.3 Å². The van der Waals surface area contributed by atoms with Crippen LogP contribution in [0.15, 0.2) is 42.6 Å². The Balaban J connectivity index is 1.43. The van der Waals surface area contributed by atoms with Gasteiger partial charge in [0.15, 0.2) is 5.13 Å². The summed E-state index contributed by atoms with van der Waals surface area (Å²) in [7, 11) is 0. The van der Waals surface area contributed by atoms with Gasteiger partial charge in [0.05, 0.1) is 5.69 Å². The van der Waals surface area contributed by atoms with Crippen molar-refractivity contribution in [2.45, 2.75) is 19.5 Å². The fourth-order valence-electron chi connectivity index (χ4n) is 3.06. The fourth-order valence-corrected chi connectivity index (χ4v) is 4.10. The van der Waals surface area contributed by atoms with Gasteiger partial charge in [0.1, 0.15) is 17.3 Å². The highest BCUT2D eigenvalue weighted by Gasteiger charge is 2.22. The van der Waals surface area contributed by atoms with Gasteiger partial charge in [-0.05, 0) is 29.8 Å². The first-order valence-electron chi connectivity index (χ1n) is 8.45. The Bertz CT molecular complexity index is 957. The van der Waals surface area contributed by atoms with E-state index < -0.39 is 11.6 Å². The van der Waals surface area contributed by atoms with E-state index in [1.807, 2.05) is 0 Å². The van der Waals surface area contributed by atoms with E-state index in [-0.39, 0.29) is 5.91 Å². The monoisotopic (exact) mass is 386 g/mol. The highest BCUT2D eigenvalue weighted by Crippen LogP contribution is 2.29. The molecule has 3 heterocycles. The number of halogens is 2. The van der Waals surface area contributed by atoms with Crippen LogP contribution in [0, 0.1) is 11.6 Å². The molecule has 27 heavy (non-hydrogen) atoms. The lowest BCUT2D eigenvalue weighted by molar-refractivity contribution is 0.102. The maximum atomic E-state index is 13.4. The van der Waals surface area contributed by atoms with E-state index in [2.05, 4.69) is 20.2 Å². The van der Waals surface area contributed by atoms with Crippen molar-refractivity contribution in [2.24, 2.45) is 0 Å². The number of fused-ring (bicyclic) bond motifs is 1. The number of nitrogens with one attached hydrogen (secondary N) is 1. The molecule has 1 N–H and O–H groups in total. The third-order valence-corrected chi connectivity index (χ3v) is 5.25. The lowest BCUT2D eigenvalue weighted by Crippen LogP contribution is -2.29. The number of carbonyl (C=O) groups excluding carboxylic acids is 1. The van der Waals surface area contributed by atoms with Gasteiger partial charge in [0, 0.05) is 43.2 Å². The number of pyridine rings is 1. The third kappa shape index (κ3) is 4.17. The number of carbonyl (C=O) groups is 1. The Morgan fingerprint density at radius 3 is 2.78 bits per heavy atom. The first kappa shape index (κ1) is 17.7. The minimum atomic E-state index is -0.569. The zero-order chi connectivity index (χ0) is 18.8. The fraction of sp³-hybridized carbons (Fsp3) is 0.211. The van der Waals surface area contributed by atoms with Gasteiger partial charge >= 0.3 is 0 Å². The third-order valence-electron chi connectivity index (χ3n) is 4.26. The van der Waals surface area contributed by atoms with Crippen molar-refractivity contribution in [1.29, 1.82) is 0 Å². The molecular weight excluding hydrogens is 370 g/mol. The molecule has 0 fully saturated rings. The van der Waals surface area contributed by atoms with Crippen molar-refractivity contribution in [1.82, 2.24) is 14.9 Å². The molecule has 0 saturated heterocycles. The largest absolute Gasteiger partial charge is 0.296 e. The topological polar surface area (TPSA) is 58.1 Å². The molecule has 0 spiro atoms. The molecule has 3 aromatic rings. The molecule has 0 aliphatic carbocycles. The van der Waals surface area contributed by atoms with E-state index in [1.54, 1.807) is 24.4 Å². The molecule has 2 aromatic heterocycles. The van der Waals surface area contributed by atoms with Gasteiger partial charge in [0.2, 0.25) is 0 Å². The predicted octanol–water partition coefficient (Wildman–Crippen LogP) is 3.63. The van der Waals surface area contributed by atoms with Crippen LogP contribution in [0.1, 0.15) is 26.6 Å². The van der Waals surface area contributed by atoms with Crippen molar-refractivity contribution >= 4 is 22.4 Å². The average Bonchev–Trinajstić information content (AvgIpc) is 3.03. The predicted molar refractivity (Wildman–Crippen MR) is 98.5 cm³/mol. The highest BCUT2D eigenvalue weighted by molar-refractivity contribution is 7.15. The second-order valence-corrected chi connectivity index (χ2v) is 7.38. The molecule has 5 nitrogen and oxygen atoms in total. The normalized spacial score (nSPS) is 14.0. The number of nitrogens with zero attached hydrogens (tertiary/aromatic N) is 3. The maximum absolute atomic E-state index is 13.4. The Morgan fingerprint density at radius 2 is 2.04 bits per heavy atom. The molecule has 1 aliphatic rings. The second-order valence-electron chi connectivity index (χ2n) is 6.30. The first-order chi connectivity index (χ1) is 13.1. The van der Waals surface area contributed by atoms with E-state index in [0.29, 0.717) is 29.5 Å². The molecule has 0 saturated carbocycles. The lowest BCUT2D eigenvalue weighted by Gasteiger charge is -2.25. The molecule has 4 rings (SSSR count). The van der Waals surface area contributed by atoms with Crippen LogP contribution in [-0.4, -0.2) is 27.3 Å².